The molecule has 2 aromatic rings. The van der Waals surface area contributed by atoms with E-state index in [1.807, 2.05) is 12.3 Å². The Bertz CT molecular complexity index is 490. The quantitative estimate of drug-likeness (QED) is 0.795. The third kappa shape index (κ3) is 1.42. The number of esters is 1. The largest absolute Gasteiger partial charge is 0.465 e. The van der Waals surface area contributed by atoms with Gasteiger partial charge < -0.3 is 9.72 Å². The Morgan fingerprint density at radius 3 is 3.00 bits per heavy atom. The number of carbonyl (C=O) groups excluding carboxylic acids is 1. The van der Waals surface area contributed by atoms with E-state index in [0.717, 1.165) is 15.4 Å². The number of benzene rings is 1. The SMILES string of the molecule is COC(=O)c1ccc2c(Br)c[nH]c2c1. The fraction of sp³-hybridized carbons (Fsp3) is 0.100. The lowest BCUT2D eigenvalue weighted by molar-refractivity contribution is 0.0601. The van der Waals surface area contributed by atoms with Crippen LogP contribution in [-0.2, 0) is 4.74 Å². The van der Waals surface area contributed by atoms with Gasteiger partial charge in [0.15, 0.2) is 0 Å². The highest BCUT2D eigenvalue weighted by atomic mass is 79.9. The number of fused-ring (bicyclic) bond motifs is 1. The van der Waals surface area contributed by atoms with Gasteiger partial charge in [-0.1, -0.05) is 6.07 Å². The first-order valence-electron chi connectivity index (χ1n) is 4.07. The van der Waals surface area contributed by atoms with Gasteiger partial charge in [-0.05, 0) is 28.1 Å². The highest BCUT2D eigenvalue weighted by Crippen LogP contribution is 2.24. The van der Waals surface area contributed by atoms with Crippen molar-refractivity contribution in [3.8, 4) is 0 Å². The predicted octanol–water partition coefficient (Wildman–Crippen LogP) is 2.72. The Morgan fingerprint density at radius 1 is 1.50 bits per heavy atom. The van der Waals surface area contributed by atoms with Crippen molar-refractivity contribution in [3.63, 3.8) is 0 Å². The van der Waals surface area contributed by atoms with Gasteiger partial charge in [-0.2, -0.15) is 0 Å². The van der Waals surface area contributed by atoms with Crippen LogP contribution in [0.5, 0.6) is 0 Å². The number of hydrogen-bond acceptors (Lipinski definition) is 2. The van der Waals surface area contributed by atoms with E-state index in [-0.39, 0.29) is 5.97 Å². The van der Waals surface area contributed by atoms with Crippen LogP contribution in [0.4, 0.5) is 0 Å². The maximum Gasteiger partial charge on any atom is 0.337 e. The van der Waals surface area contributed by atoms with E-state index < -0.39 is 0 Å². The number of carbonyl (C=O) groups is 1. The standard InChI is InChI=1S/C10H8BrNO2/c1-14-10(13)6-2-3-7-8(11)5-12-9(7)4-6/h2-5,12H,1H3. The average Bonchev–Trinajstić information content (AvgIpc) is 2.59. The maximum absolute atomic E-state index is 11.2. The third-order valence-electron chi connectivity index (χ3n) is 2.05. The molecule has 2 rings (SSSR count). The van der Waals surface area contributed by atoms with Gasteiger partial charge in [0.05, 0.1) is 12.7 Å². The zero-order valence-electron chi connectivity index (χ0n) is 7.50. The van der Waals surface area contributed by atoms with Crippen molar-refractivity contribution in [1.29, 1.82) is 0 Å². The molecule has 72 valence electrons. The Morgan fingerprint density at radius 2 is 2.29 bits per heavy atom. The van der Waals surface area contributed by atoms with E-state index >= 15 is 0 Å². The molecule has 0 saturated carbocycles. The van der Waals surface area contributed by atoms with E-state index in [1.165, 1.54) is 7.11 Å². The second-order valence-electron chi connectivity index (χ2n) is 2.89. The molecule has 14 heavy (non-hydrogen) atoms. The molecular formula is C10H8BrNO2. The lowest BCUT2D eigenvalue weighted by atomic mass is 10.2. The topological polar surface area (TPSA) is 42.1 Å². The lowest BCUT2D eigenvalue weighted by Gasteiger charge is -1.98. The second kappa shape index (κ2) is 3.46. The molecule has 1 aromatic heterocycles. The van der Waals surface area contributed by atoms with Crippen LogP contribution in [0.2, 0.25) is 0 Å². The zero-order chi connectivity index (χ0) is 10.1. The van der Waals surface area contributed by atoms with Crippen molar-refractivity contribution >= 4 is 32.8 Å². The summed E-state index contributed by atoms with van der Waals surface area (Å²) in [6, 6.07) is 5.39. The molecule has 1 heterocycles. The molecule has 0 amide bonds. The third-order valence-corrected chi connectivity index (χ3v) is 2.71. The van der Waals surface area contributed by atoms with Crippen molar-refractivity contribution in [1.82, 2.24) is 4.98 Å². The van der Waals surface area contributed by atoms with Gasteiger partial charge in [0.1, 0.15) is 0 Å². The summed E-state index contributed by atoms with van der Waals surface area (Å²) >= 11 is 3.40. The first kappa shape index (κ1) is 9.27. The summed E-state index contributed by atoms with van der Waals surface area (Å²) in [6.07, 6.45) is 1.84. The number of ether oxygens (including phenoxy) is 1. The molecule has 0 saturated heterocycles. The molecular weight excluding hydrogens is 246 g/mol. The highest BCUT2D eigenvalue weighted by molar-refractivity contribution is 9.10. The van der Waals surface area contributed by atoms with Crippen molar-refractivity contribution in [3.05, 3.63) is 34.4 Å². The number of methoxy groups -OCH3 is 1. The Labute approximate surface area is 89.2 Å². The average molecular weight is 254 g/mol. The van der Waals surface area contributed by atoms with E-state index in [1.54, 1.807) is 12.1 Å². The smallest absolute Gasteiger partial charge is 0.337 e. The van der Waals surface area contributed by atoms with Crippen LogP contribution >= 0.6 is 15.9 Å². The molecule has 0 bridgehead atoms. The van der Waals surface area contributed by atoms with Gasteiger partial charge in [0.2, 0.25) is 0 Å². The summed E-state index contributed by atoms with van der Waals surface area (Å²) in [4.78, 5) is 14.3. The monoisotopic (exact) mass is 253 g/mol. The summed E-state index contributed by atoms with van der Waals surface area (Å²) in [5.41, 5.74) is 1.47. The fourth-order valence-electron chi connectivity index (χ4n) is 1.34. The first-order chi connectivity index (χ1) is 6.72. The number of nitrogens with one attached hydrogen (secondary N) is 1. The summed E-state index contributed by atoms with van der Waals surface area (Å²) in [6.45, 7) is 0. The molecule has 0 aliphatic carbocycles. The Balaban J connectivity index is 2.57. The number of H-pyrrole nitrogens is 1. The van der Waals surface area contributed by atoms with E-state index in [9.17, 15) is 4.79 Å². The molecule has 0 spiro atoms. The minimum absolute atomic E-state index is 0.322. The molecule has 0 aliphatic heterocycles. The van der Waals surface area contributed by atoms with Crippen molar-refractivity contribution < 1.29 is 9.53 Å². The van der Waals surface area contributed by atoms with Gasteiger partial charge in [-0.3, -0.25) is 0 Å². The molecule has 4 heteroatoms. The minimum Gasteiger partial charge on any atom is -0.465 e. The number of aromatic nitrogens is 1. The minimum atomic E-state index is -0.322. The normalized spacial score (nSPS) is 10.4. The summed E-state index contributed by atoms with van der Waals surface area (Å²) in [7, 11) is 1.37. The van der Waals surface area contributed by atoms with Gasteiger partial charge in [-0.15, -0.1) is 0 Å². The van der Waals surface area contributed by atoms with Crippen LogP contribution < -0.4 is 0 Å². The van der Waals surface area contributed by atoms with Gasteiger partial charge in [0, 0.05) is 21.6 Å². The van der Waals surface area contributed by atoms with Gasteiger partial charge >= 0.3 is 5.97 Å². The fourth-order valence-corrected chi connectivity index (χ4v) is 1.80. The first-order valence-corrected chi connectivity index (χ1v) is 4.86. The second-order valence-corrected chi connectivity index (χ2v) is 3.74. The molecule has 0 radical (unpaired) electrons. The highest BCUT2D eigenvalue weighted by Gasteiger charge is 2.07. The van der Waals surface area contributed by atoms with Crippen LogP contribution in [0.3, 0.4) is 0 Å². The molecule has 3 nitrogen and oxygen atoms in total. The maximum atomic E-state index is 11.2. The molecule has 1 N–H and O–H groups in total. The van der Waals surface area contributed by atoms with Crippen molar-refractivity contribution in [2.45, 2.75) is 0 Å². The number of rotatable bonds is 1. The van der Waals surface area contributed by atoms with Crippen molar-refractivity contribution in [2.24, 2.45) is 0 Å². The van der Waals surface area contributed by atoms with E-state index in [0.29, 0.717) is 5.56 Å². The summed E-state index contributed by atoms with van der Waals surface area (Å²) in [5, 5.41) is 1.05. The van der Waals surface area contributed by atoms with Crippen LogP contribution in [0, 0.1) is 0 Å². The van der Waals surface area contributed by atoms with E-state index in [4.69, 9.17) is 0 Å². The zero-order valence-corrected chi connectivity index (χ0v) is 9.09. The lowest BCUT2D eigenvalue weighted by Crippen LogP contribution is -2.00. The molecule has 0 aliphatic rings. The molecule has 1 aromatic carbocycles. The van der Waals surface area contributed by atoms with Crippen LogP contribution in [0.1, 0.15) is 10.4 Å². The molecule has 0 atom stereocenters. The van der Waals surface area contributed by atoms with Crippen LogP contribution in [0.15, 0.2) is 28.9 Å². The van der Waals surface area contributed by atoms with E-state index in [2.05, 4.69) is 25.7 Å². The number of hydrogen-bond donors (Lipinski definition) is 1. The number of aromatic amines is 1. The van der Waals surface area contributed by atoms with Crippen LogP contribution in [-0.4, -0.2) is 18.1 Å². The number of halogens is 1. The molecule has 0 fully saturated rings. The predicted molar refractivity (Wildman–Crippen MR) is 57.3 cm³/mol. The van der Waals surface area contributed by atoms with Gasteiger partial charge in [-0.25, -0.2) is 4.79 Å². The van der Waals surface area contributed by atoms with Crippen LogP contribution in [0.25, 0.3) is 10.9 Å². The Hall–Kier alpha value is -1.29. The summed E-state index contributed by atoms with van der Waals surface area (Å²) < 4.78 is 5.62. The molecule has 0 unspecified atom stereocenters. The Kier molecular flexibility index (Phi) is 2.29. The van der Waals surface area contributed by atoms with Crippen molar-refractivity contribution in [2.75, 3.05) is 7.11 Å². The summed E-state index contributed by atoms with van der Waals surface area (Å²) in [5.74, 6) is -0.322. The van der Waals surface area contributed by atoms with Gasteiger partial charge in [0.25, 0.3) is 0 Å².